The Balaban J connectivity index is 2.71. The van der Waals surface area contributed by atoms with Crippen LogP contribution < -0.4 is 5.73 Å². The molecule has 0 bridgehead atoms. The van der Waals surface area contributed by atoms with Crippen molar-refractivity contribution in [3.05, 3.63) is 0 Å². The lowest BCUT2D eigenvalue weighted by Crippen LogP contribution is -2.63. The van der Waals surface area contributed by atoms with Gasteiger partial charge in [-0.2, -0.15) is 0 Å². The summed E-state index contributed by atoms with van der Waals surface area (Å²) < 4.78 is 10.8. The van der Waals surface area contributed by atoms with E-state index in [1.54, 1.807) is 0 Å². The highest BCUT2D eigenvalue weighted by atomic mass is 16.7. The smallest absolute Gasteiger partial charge is 0.176 e. The summed E-state index contributed by atoms with van der Waals surface area (Å²) in [5.74, 6) is 0. The van der Waals surface area contributed by atoms with Gasteiger partial charge in [-0.1, -0.05) is 0 Å². The fourth-order valence-electron chi connectivity index (χ4n) is 1.56. The lowest BCUT2D eigenvalue weighted by atomic mass is 9.97. The van der Waals surface area contributed by atoms with Gasteiger partial charge >= 0.3 is 0 Å². The normalized spacial score (nSPS) is 41.1. The van der Waals surface area contributed by atoms with Gasteiger partial charge in [-0.15, -0.1) is 0 Å². The molecule has 0 saturated carbocycles. The molecule has 0 radical (unpaired) electrons. The third kappa shape index (κ3) is 3.13. The van der Waals surface area contributed by atoms with E-state index in [0.29, 0.717) is 0 Å². The first-order valence-corrected chi connectivity index (χ1v) is 5.32. The van der Waals surface area contributed by atoms with Crippen LogP contribution in [-0.2, 0) is 9.47 Å². The van der Waals surface area contributed by atoms with Crippen LogP contribution in [0.25, 0.3) is 0 Å². The molecule has 1 fully saturated rings. The van der Waals surface area contributed by atoms with Gasteiger partial charge in [-0.3, -0.25) is 0 Å². The van der Waals surface area contributed by atoms with Gasteiger partial charge in [-0.25, -0.2) is 0 Å². The third-order valence-electron chi connectivity index (χ3n) is 2.40. The van der Waals surface area contributed by atoms with E-state index in [1.165, 1.54) is 0 Å². The molecule has 0 spiro atoms. The Hall–Kier alpha value is -0.240. The molecule has 1 saturated heterocycles. The number of nitrogens with two attached hydrogens (primary N) is 1. The van der Waals surface area contributed by atoms with Crippen molar-refractivity contribution in [3.63, 3.8) is 0 Å². The number of rotatable bonds is 2. The van der Waals surface area contributed by atoms with Crippen molar-refractivity contribution in [2.45, 2.75) is 57.0 Å². The van der Waals surface area contributed by atoms with Crippen LogP contribution in [0.3, 0.4) is 0 Å². The van der Waals surface area contributed by atoms with Gasteiger partial charge in [0.15, 0.2) is 6.29 Å². The van der Waals surface area contributed by atoms with Gasteiger partial charge in [-0.05, 0) is 20.8 Å². The molecule has 6 nitrogen and oxygen atoms in total. The largest absolute Gasteiger partial charge is 0.394 e. The predicted octanol–water partition coefficient (Wildman–Crippen LogP) is -1.43. The highest BCUT2D eigenvalue weighted by molar-refractivity contribution is 4.92. The van der Waals surface area contributed by atoms with E-state index >= 15 is 0 Å². The van der Waals surface area contributed by atoms with Crippen LogP contribution in [0.5, 0.6) is 0 Å². The Morgan fingerprint density at radius 3 is 2.25 bits per heavy atom. The Morgan fingerprint density at radius 2 is 1.81 bits per heavy atom. The van der Waals surface area contributed by atoms with Crippen LogP contribution in [0.2, 0.25) is 0 Å². The highest BCUT2D eigenvalue weighted by Crippen LogP contribution is 2.24. The predicted molar refractivity (Wildman–Crippen MR) is 56.6 cm³/mol. The van der Waals surface area contributed by atoms with Crippen molar-refractivity contribution < 1.29 is 24.8 Å². The molecule has 1 heterocycles. The second-order valence-electron chi connectivity index (χ2n) is 5.01. The molecule has 1 aliphatic heterocycles. The van der Waals surface area contributed by atoms with E-state index in [1.807, 2.05) is 20.8 Å². The minimum atomic E-state index is -1.19. The lowest BCUT2D eigenvalue weighted by molar-refractivity contribution is -0.289. The molecule has 1 rings (SSSR count). The number of aliphatic hydroxyl groups excluding tert-OH is 3. The summed E-state index contributed by atoms with van der Waals surface area (Å²) >= 11 is 0. The van der Waals surface area contributed by atoms with Crippen LogP contribution in [-0.4, -0.2) is 58.2 Å². The van der Waals surface area contributed by atoms with E-state index in [0.717, 1.165) is 0 Å². The lowest BCUT2D eigenvalue weighted by Gasteiger charge is -2.42. The average molecular weight is 235 g/mol. The minimum Gasteiger partial charge on any atom is -0.394 e. The van der Waals surface area contributed by atoms with Crippen LogP contribution >= 0.6 is 0 Å². The van der Waals surface area contributed by atoms with Crippen molar-refractivity contribution in [2.75, 3.05) is 6.61 Å². The van der Waals surface area contributed by atoms with E-state index in [-0.39, 0.29) is 0 Å². The monoisotopic (exact) mass is 235 g/mol. The zero-order valence-electron chi connectivity index (χ0n) is 9.83. The van der Waals surface area contributed by atoms with Crippen LogP contribution in [0, 0.1) is 0 Å². The SMILES string of the molecule is CC(C)(C)OC1OC(CO)C(O)C(O)C1N. The summed E-state index contributed by atoms with van der Waals surface area (Å²) in [6.45, 7) is 5.09. The van der Waals surface area contributed by atoms with Crippen molar-refractivity contribution in [2.24, 2.45) is 5.73 Å². The van der Waals surface area contributed by atoms with Crippen molar-refractivity contribution in [1.29, 1.82) is 0 Å². The molecule has 16 heavy (non-hydrogen) atoms. The first-order valence-electron chi connectivity index (χ1n) is 5.32. The van der Waals surface area contributed by atoms with E-state index in [4.69, 9.17) is 20.3 Å². The van der Waals surface area contributed by atoms with E-state index in [9.17, 15) is 10.2 Å². The summed E-state index contributed by atoms with van der Waals surface area (Å²) in [5, 5.41) is 28.2. The standard InChI is InChI=1S/C10H21NO5/c1-10(2,3)16-9-6(11)8(14)7(13)5(4-12)15-9/h5-9,12-14H,4,11H2,1-3H3. The van der Waals surface area contributed by atoms with Crippen LogP contribution in [0.15, 0.2) is 0 Å². The summed E-state index contributed by atoms with van der Waals surface area (Å²) in [7, 11) is 0. The van der Waals surface area contributed by atoms with Crippen molar-refractivity contribution in [1.82, 2.24) is 0 Å². The van der Waals surface area contributed by atoms with Gasteiger partial charge < -0.3 is 30.5 Å². The van der Waals surface area contributed by atoms with Crippen LogP contribution in [0.4, 0.5) is 0 Å². The molecule has 5 atom stereocenters. The first kappa shape index (κ1) is 13.8. The van der Waals surface area contributed by atoms with Gasteiger partial charge in [0.1, 0.15) is 18.3 Å². The molecule has 6 heteroatoms. The van der Waals surface area contributed by atoms with Crippen LogP contribution in [0.1, 0.15) is 20.8 Å². The number of hydrogen-bond acceptors (Lipinski definition) is 6. The maximum absolute atomic E-state index is 9.67. The molecule has 1 aliphatic rings. The minimum absolute atomic E-state index is 0.394. The highest BCUT2D eigenvalue weighted by Gasteiger charge is 2.44. The maximum atomic E-state index is 9.67. The number of hydrogen-bond donors (Lipinski definition) is 4. The molecule has 5 N–H and O–H groups in total. The maximum Gasteiger partial charge on any atom is 0.176 e. The molecule has 0 aromatic rings. The Morgan fingerprint density at radius 1 is 1.25 bits per heavy atom. The zero-order chi connectivity index (χ0) is 12.5. The molecule has 0 aliphatic carbocycles. The number of aliphatic hydroxyl groups is 3. The topological polar surface area (TPSA) is 105 Å². The molecule has 0 aromatic carbocycles. The van der Waals surface area contributed by atoms with Crippen molar-refractivity contribution in [3.8, 4) is 0 Å². The van der Waals surface area contributed by atoms with E-state index < -0.39 is 42.9 Å². The molecular weight excluding hydrogens is 214 g/mol. The second-order valence-corrected chi connectivity index (χ2v) is 5.01. The fraction of sp³-hybridized carbons (Fsp3) is 1.00. The molecule has 96 valence electrons. The fourth-order valence-corrected chi connectivity index (χ4v) is 1.56. The summed E-state index contributed by atoms with van der Waals surface area (Å²) in [6, 6.07) is -0.836. The summed E-state index contributed by atoms with van der Waals surface area (Å²) in [4.78, 5) is 0. The van der Waals surface area contributed by atoms with Gasteiger partial charge in [0.25, 0.3) is 0 Å². The van der Waals surface area contributed by atoms with Gasteiger partial charge in [0, 0.05) is 0 Å². The third-order valence-corrected chi connectivity index (χ3v) is 2.40. The molecule has 0 aromatic heterocycles. The zero-order valence-corrected chi connectivity index (χ0v) is 9.83. The number of ether oxygens (including phenoxy) is 2. The quantitative estimate of drug-likeness (QED) is 0.467. The van der Waals surface area contributed by atoms with Crippen molar-refractivity contribution >= 4 is 0 Å². The van der Waals surface area contributed by atoms with Gasteiger partial charge in [0.05, 0.1) is 18.2 Å². The molecular formula is C10H21NO5. The Labute approximate surface area is 95.0 Å². The van der Waals surface area contributed by atoms with Gasteiger partial charge in [0.2, 0.25) is 0 Å². The Bertz CT molecular complexity index is 228. The first-order chi connectivity index (χ1) is 7.26. The molecule has 5 unspecified atom stereocenters. The Kier molecular flexibility index (Phi) is 4.28. The molecule has 0 amide bonds. The summed E-state index contributed by atoms with van der Waals surface area (Å²) in [5.41, 5.74) is 5.21. The average Bonchev–Trinajstić information content (AvgIpc) is 2.17. The van der Waals surface area contributed by atoms with E-state index in [2.05, 4.69) is 0 Å². The second kappa shape index (κ2) is 4.95. The summed E-state index contributed by atoms with van der Waals surface area (Å²) in [6.07, 6.45) is -4.07.